The average Bonchev–Trinajstić information content (AvgIpc) is 2.12. The lowest BCUT2D eigenvalue weighted by Crippen LogP contribution is -2.66. The zero-order valence-electron chi connectivity index (χ0n) is 9.58. The molecule has 2 rings (SSSR count). The summed E-state index contributed by atoms with van der Waals surface area (Å²) < 4.78 is 5.39. The van der Waals surface area contributed by atoms with E-state index >= 15 is 0 Å². The summed E-state index contributed by atoms with van der Waals surface area (Å²) in [5.74, 6) is 0.113. The summed E-state index contributed by atoms with van der Waals surface area (Å²) in [7, 11) is 0. The topological polar surface area (TPSA) is 55.6 Å². The lowest BCUT2D eigenvalue weighted by Gasteiger charge is -2.48. The van der Waals surface area contributed by atoms with Crippen molar-refractivity contribution in [1.29, 1.82) is 0 Å². The Morgan fingerprint density at radius 3 is 2.53 bits per heavy atom. The molecule has 0 aromatic rings. The second-order valence-electron chi connectivity index (χ2n) is 5.33. The Hall–Kier alpha value is -0.610. The maximum atomic E-state index is 12.3. The fourth-order valence-electron chi connectivity index (χ4n) is 2.28. The Bertz CT molecular complexity index is 272. The van der Waals surface area contributed by atoms with Gasteiger partial charge in [-0.15, -0.1) is 0 Å². The number of nitrogens with zero attached hydrogens (tertiary/aromatic N) is 1. The van der Waals surface area contributed by atoms with Gasteiger partial charge in [0.1, 0.15) is 0 Å². The highest BCUT2D eigenvalue weighted by Crippen LogP contribution is 2.33. The largest absolute Gasteiger partial charge is 0.377 e. The van der Waals surface area contributed by atoms with Crippen LogP contribution in [0.3, 0.4) is 0 Å². The minimum atomic E-state index is -0.575. The average molecular weight is 212 g/mol. The van der Waals surface area contributed by atoms with Crippen molar-refractivity contribution in [3.05, 3.63) is 0 Å². The van der Waals surface area contributed by atoms with Crippen LogP contribution in [0.1, 0.15) is 33.1 Å². The van der Waals surface area contributed by atoms with Gasteiger partial charge in [0.05, 0.1) is 24.3 Å². The highest BCUT2D eigenvalue weighted by atomic mass is 16.5. The Morgan fingerprint density at radius 1 is 1.40 bits per heavy atom. The molecule has 1 saturated heterocycles. The molecular weight excluding hydrogens is 192 g/mol. The summed E-state index contributed by atoms with van der Waals surface area (Å²) in [4.78, 5) is 14.2. The van der Waals surface area contributed by atoms with Crippen LogP contribution < -0.4 is 5.73 Å². The molecule has 86 valence electrons. The van der Waals surface area contributed by atoms with Gasteiger partial charge in [-0.3, -0.25) is 4.79 Å². The van der Waals surface area contributed by atoms with E-state index in [0.717, 1.165) is 19.3 Å². The zero-order chi connectivity index (χ0) is 11.1. The SMILES string of the molecule is CC1(C)COCCN1C(=O)C1(N)CCC1. The van der Waals surface area contributed by atoms with Crippen LogP contribution in [0.25, 0.3) is 0 Å². The van der Waals surface area contributed by atoms with Gasteiger partial charge in [0.2, 0.25) is 5.91 Å². The molecule has 0 aromatic carbocycles. The van der Waals surface area contributed by atoms with E-state index in [1.54, 1.807) is 0 Å². The molecule has 1 aliphatic carbocycles. The van der Waals surface area contributed by atoms with E-state index in [2.05, 4.69) is 0 Å². The van der Waals surface area contributed by atoms with Crippen molar-refractivity contribution in [2.24, 2.45) is 5.73 Å². The third kappa shape index (κ3) is 1.76. The number of carbonyl (C=O) groups excluding carboxylic acids is 1. The first-order valence-corrected chi connectivity index (χ1v) is 5.64. The summed E-state index contributed by atoms with van der Waals surface area (Å²) in [6, 6.07) is 0. The minimum Gasteiger partial charge on any atom is -0.377 e. The Labute approximate surface area is 90.8 Å². The number of nitrogens with two attached hydrogens (primary N) is 1. The fraction of sp³-hybridized carbons (Fsp3) is 0.909. The first kappa shape index (κ1) is 10.9. The maximum Gasteiger partial charge on any atom is 0.243 e. The monoisotopic (exact) mass is 212 g/mol. The Balaban J connectivity index is 2.11. The summed E-state index contributed by atoms with van der Waals surface area (Å²) in [5.41, 5.74) is 5.28. The van der Waals surface area contributed by atoms with Crippen LogP contribution in [0.5, 0.6) is 0 Å². The molecule has 4 nitrogen and oxygen atoms in total. The van der Waals surface area contributed by atoms with Crippen molar-refractivity contribution in [3.8, 4) is 0 Å². The van der Waals surface area contributed by atoms with Gasteiger partial charge < -0.3 is 15.4 Å². The number of hydrogen-bond donors (Lipinski definition) is 1. The molecule has 0 unspecified atom stereocenters. The second kappa shape index (κ2) is 3.46. The highest BCUT2D eigenvalue weighted by Gasteiger charge is 2.46. The quantitative estimate of drug-likeness (QED) is 0.689. The molecule has 2 fully saturated rings. The molecule has 1 heterocycles. The molecule has 1 saturated carbocycles. The van der Waals surface area contributed by atoms with Gasteiger partial charge in [-0.25, -0.2) is 0 Å². The maximum absolute atomic E-state index is 12.3. The number of hydrogen-bond acceptors (Lipinski definition) is 3. The summed E-state index contributed by atoms with van der Waals surface area (Å²) in [5, 5.41) is 0. The number of ether oxygens (including phenoxy) is 1. The second-order valence-corrected chi connectivity index (χ2v) is 5.33. The molecule has 1 amide bonds. The van der Waals surface area contributed by atoms with Gasteiger partial charge in [0, 0.05) is 6.54 Å². The first-order chi connectivity index (χ1) is 6.96. The van der Waals surface area contributed by atoms with Gasteiger partial charge >= 0.3 is 0 Å². The third-order valence-corrected chi connectivity index (χ3v) is 3.56. The standard InChI is InChI=1S/C11H20N2O2/c1-10(2)8-15-7-6-13(10)9(14)11(12)4-3-5-11/h3-8,12H2,1-2H3. The van der Waals surface area contributed by atoms with Crippen LogP contribution in [-0.2, 0) is 9.53 Å². The molecule has 1 aliphatic heterocycles. The minimum absolute atomic E-state index is 0.113. The fourth-order valence-corrected chi connectivity index (χ4v) is 2.28. The molecular formula is C11H20N2O2. The van der Waals surface area contributed by atoms with E-state index < -0.39 is 5.54 Å². The van der Waals surface area contributed by atoms with Crippen molar-refractivity contribution in [2.45, 2.75) is 44.2 Å². The predicted molar refractivity (Wildman–Crippen MR) is 57.4 cm³/mol. The number of amides is 1. The van der Waals surface area contributed by atoms with Crippen molar-refractivity contribution < 1.29 is 9.53 Å². The number of carbonyl (C=O) groups is 1. The van der Waals surface area contributed by atoms with Gasteiger partial charge in [-0.1, -0.05) is 0 Å². The molecule has 2 aliphatic rings. The summed E-state index contributed by atoms with van der Waals surface area (Å²) in [6.45, 7) is 5.98. The van der Waals surface area contributed by atoms with Crippen LogP contribution in [-0.4, -0.2) is 41.6 Å². The summed E-state index contributed by atoms with van der Waals surface area (Å²) >= 11 is 0. The van der Waals surface area contributed by atoms with Crippen molar-refractivity contribution >= 4 is 5.91 Å². The van der Waals surface area contributed by atoms with Gasteiger partial charge in [0.15, 0.2) is 0 Å². The lowest BCUT2D eigenvalue weighted by molar-refractivity contribution is -0.155. The Kier molecular flexibility index (Phi) is 2.51. The van der Waals surface area contributed by atoms with E-state index in [9.17, 15) is 4.79 Å². The summed E-state index contributed by atoms with van der Waals surface area (Å²) in [6.07, 6.45) is 2.74. The first-order valence-electron chi connectivity index (χ1n) is 5.64. The molecule has 2 N–H and O–H groups in total. The Morgan fingerprint density at radius 2 is 2.07 bits per heavy atom. The molecule has 0 radical (unpaired) electrons. The highest BCUT2D eigenvalue weighted by molar-refractivity contribution is 5.87. The number of rotatable bonds is 1. The molecule has 4 heteroatoms. The zero-order valence-corrected chi connectivity index (χ0v) is 9.58. The third-order valence-electron chi connectivity index (χ3n) is 3.56. The predicted octanol–water partition coefficient (Wildman–Crippen LogP) is 0.505. The van der Waals surface area contributed by atoms with E-state index in [0.29, 0.717) is 19.8 Å². The van der Waals surface area contributed by atoms with Crippen LogP contribution in [0.4, 0.5) is 0 Å². The van der Waals surface area contributed by atoms with E-state index in [1.807, 2.05) is 18.7 Å². The van der Waals surface area contributed by atoms with E-state index in [1.165, 1.54) is 0 Å². The van der Waals surface area contributed by atoms with E-state index in [-0.39, 0.29) is 11.4 Å². The van der Waals surface area contributed by atoms with Crippen molar-refractivity contribution in [2.75, 3.05) is 19.8 Å². The smallest absolute Gasteiger partial charge is 0.243 e. The lowest BCUT2D eigenvalue weighted by atomic mass is 9.76. The molecule has 0 aromatic heterocycles. The van der Waals surface area contributed by atoms with Crippen LogP contribution in [0.2, 0.25) is 0 Å². The van der Waals surface area contributed by atoms with Crippen LogP contribution in [0, 0.1) is 0 Å². The van der Waals surface area contributed by atoms with Crippen molar-refractivity contribution in [1.82, 2.24) is 4.90 Å². The molecule has 15 heavy (non-hydrogen) atoms. The van der Waals surface area contributed by atoms with Gasteiger partial charge in [-0.2, -0.15) is 0 Å². The van der Waals surface area contributed by atoms with E-state index in [4.69, 9.17) is 10.5 Å². The van der Waals surface area contributed by atoms with Gasteiger partial charge in [-0.05, 0) is 33.1 Å². The molecule has 0 atom stereocenters. The van der Waals surface area contributed by atoms with Crippen LogP contribution >= 0.6 is 0 Å². The number of morpholine rings is 1. The molecule has 0 bridgehead atoms. The van der Waals surface area contributed by atoms with Crippen molar-refractivity contribution in [3.63, 3.8) is 0 Å². The normalized spacial score (nSPS) is 28.3. The molecule has 0 spiro atoms. The van der Waals surface area contributed by atoms with Crippen LogP contribution in [0.15, 0.2) is 0 Å². The van der Waals surface area contributed by atoms with Gasteiger partial charge in [0.25, 0.3) is 0 Å².